The normalized spacial score (nSPS) is 16.6. The summed E-state index contributed by atoms with van der Waals surface area (Å²) in [5.74, 6) is 0.887. The van der Waals surface area contributed by atoms with Gasteiger partial charge in [0.25, 0.3) is 0 Å². The third-order valence-corrected chi connectivity index (χ3v) is 2.80. The molecule has 3 nitrogen and oxygen atoms in total. The average Bonchev–Trinajstić information content (AvgIpc) is 2.18. The summed E-state index contributed by atoms with van der Waals surface area (Å²) in [7, 11) is 0. The largest absolute Gasteiger partial charge is 0.396 e. The lowest BCUT2D eigenvalue weighted by molar-refractivity contribution is 0.802. The van der Waals surface area contributed by atoms with Gasteiger partial charge < -0.3 is 10.6 Å². The molecule has 2 heterocycles. The zero-order chi connectivity index (χ0) is 9.97. The second-order valence-electron chi connectivity index (χ2n) is 3.28. The van der Waals surface area contributed by atoms with E-state index in [2.05, 4.69) is 31.9 Å². The van der Waals surface area contributed by atoms with Crippen molar-refractivity contribution < 1.29 is 0 Å². The van der Waals surface area contributed by atoms with Crippen LogP contribution in [0, 0.1) is 0 Å². The molecule has 2 rings (SSSR count). The Balaban J connectivity index is 2.24. The van der Waals surface area contributed by atoms with E-state index in [1.165, 1.54) is 4.48 Å². The molecule has 0 radical (unpaired) electrons. The Kier molecular flexibility index (Phi) is 2.72. The molecule has 0 unspecified atom stereocenters. The van der Waals surface area contributed by atoms with Crippen LogP contribution in [0.3, 0.4) is 0 Å². The van der Waals surface area contributed by atoms with Crippen molar-refractivity contribution in [1.82, 2.24) is 4.98 Å². The van der Waals surface area contributed by atoms with Crippen molar-refractivity contribution in [3.05, 3.63) is 28.9 Å². The third-order valence-electron chi connectivity index (χ3n) is 2.22. The van der Waals surface area contributed by atoms with E-state index >= 15 is 0 Å². The van der Waals surface area contributed by atoms with E-state index < -0.39 is 0 Å². The lowest BCUT2D eigenvalue weighted by atomic mass is 10.2. The molecule has 0 atom stereocenters. The van der Waals surface area contributed by atoms with Gasteiger partial charge in [0, 0.05) is 17.2 Å². The molecule has 0 aliphatic carbocycles. The van der Waals surface area contributed by atoms with Gasteiger partial charge in [-0.3, -0.25) is 0 Å². The molecular formula is C10H12BrN3. The van der Waals surface area contributed by atoms with Crippen molar-refractivity contribution in [2.24, 2.45) is 0 Å². The number of aromatic nitrogens is 1. The zero-order valence-electron chi connectivity index (χ0n) is 7.78. The maximum atomic E-state index is 5.86. The highest BCUT2D eigenvalue weighted by molar-refractivity contribution is 9.11. The molecule has 4 heteroatoms. The van der Waals surface area contributed by atoms with Crippen molar-refractivity contribution in [2.75, 3.05) is 23.7 Å². The SMILES string of the molecule is Nc1cccnc1N1CCC=C(Br)C1. The molecule has 74 valence electrons. The van der Waals surface area contributed by atoms with Crippen LogP contribution >= 0.6 is 15.9 Å². The van der Waals surface area contributed by atoms with Gasteiger partial charge in [0.1, 0.15) is 0 Å². The lowest BCUT2D eigenvalue weighted by Crippen LogP contribution is -2.29. The van der Waals surface area contributed by atoms with Gasteiger partial charge >= 0.3 is 0 Å². The first-order valence-electron chi connectivity index (χ1n) is 4.57. The summed E-state index contributed by atoms with van der Waals surface area (Å²) >= 11 is 3.50. The summed E-state index contributed by atoms with van der Waals surface area (Å²) < 4.78 is 1.20. The Hall–Kier alpha value is -1.03. The Morgan fingerprint density at radius 3 is 3.07 bits per heavy atom. The van der Waals surface area contributed by atoms with Gasteiger partial charge in [-0.05, 0) is 18.6 Å². The van der Waals surface area contributed by atoms with Crippen molar-refractivity contribution in [3.8, 4) is 0 Å². The zero-order valence-corrected chi connectivity index (χ0v) is 9.37. The summed E-state index contributed by atoms with van der Waals surface area (Å²) in [5, 5.41) is 0. The highest BCUT2D eigenvalue weighted by Gasteiger charge is 2.14. The first kappa shape index (κ1) is 9.52. The molecule has 0 saturated carbocycles. The Morgan fingerprint density at radius 1 is 1.50 bits per heavy atom. The summed E-state index contributed by atoms with van der Waals surface area (Å²) in [5.41, 5.74) is 6.60. The summed E-state index contributed by atoms with van der Waals surface area (Å²) in [6, 6.07) is 3.74. The Morgan fingerprint density at radius 2 is 2.36 bits per heavy atom. The predicted molar refractivity (Wildman–Crippen MR) is 62.5 cm³/mol. The number of anilines is 2. The minimum Gasteiger partial charge on any atom is -0.396 e. The number of pyridine rings is 1. The number of nitrogens with two attached hydrogens (primary N) is 1. The maximum absolute atomic E-state index is 5.86. The molecule has 1 aromatic rings. The van der Waals surface area contributed by atoms with E-state index in [0.717, 1.165) is 31.0 Å². The average molecular weight is 254 g/mol. The number of halogens is 1. The molecule has 2 N–H and O–H groups in total. The molecule has 1 aliphatic rings. The fourth-order valence-electron chi connectivity index (χ4n) is 1.56. The van der Waals surface area contributed by atoms with Gasteiger partial charge in [-0.2, -0.15) is 0 Å². The van der Waals surface area contributed by atoms with Gasteiger partial charge in [0.15, 0.2) is 5.82 Å². The number of hydrogen-bond donors (Lipinski definition) is 1. The molecule has 0 fully saturated rings. The molecule has 1 aromatic heterocycles. The van der Waals surface area contributed by atoms with Crippen molar-refractivity contribution in [2.45, 2.75) is 6.42 Å². The predicted octanol–water partition coefficient (Wildman–Crippen LogP) is 2.15. The molecule has 0 spiro atoms. The Bertz CT molecular complexity index is 362. The van der Waals surface area contributed by atoms with E-state index in [4.69, 9.17) is 5.73 Å². The number of rotatable bonds is 1. The van der Waals surface area contributed by atoms with Gasteiger partial charge in [-0.15, -0.1) is 0 Å². The smallest absolute Gasteiger partial charge is 0.152 e. The summed E-state index contributed by atoms with van der Waals surface area (Å²) in [4.78, 5) is 6.47. The van der Waals surface area contributed by atoms with E-state index in [0.29, 0.717) is 0 Å². The van der Waals surface area contributed by atoms with Crippen LogP contribution in [-0.2, 0) is 0 Å². The molecule has 0 saturated heterocycles. The van der Waals surface area contributed by atoms with Crippen LogP contribution in [0.15, 0.2) is 28.9 Å². The first-order valence-corrected chi connectivity index (χ1v) is 5.36. The van der Waals surface area contributed by atoms with Crippen LogP contribution in [0.25, 0.3) is 0 Å². The molecule has 14 heavy (non-hydrogen) atoms. The second-order valence-corrected chi connectivity index (χ2v) is 4.30. The summed E-state index contributed by atoms with van der Waals surface area (Å²) in [6.07, 6.45) is 5.00. The molecular weight excluding hydrogens is 242 g/mol. The quantitative estimate of drug-likeness (QED) is 0.834. The van der Waals surface area contributed by atoms with Gasteiger partial charge in [-0.25, -0.2) is 4.98 Å². The van der Waals surface area contributed by atoms with E-state index in [-0.39, 0.29) is 0 Å². The van der Waals surface area contributed by atoms with E-state index in [1.54, 1.807) is 6.20 Å². The van der Waals surface area contributed by atoms with Gasteiger partial charge in [0.2, 0.25) is 0 Å². The fourth-order valence-corrected chi connectivity index (χ4v) is 2.09. The molecule has 1 aliphatic heterocycles. The third kappa shape index (κ3) is 1.90. The maximum Gasteiger partial charge on any atom is 0.152 e. The topological polar surface area (TPSA) is 42.1 Å². The standard InChI is InChI=1S/C10H12BrN3/c11-8-3-2-6-14(7-8)10-9(12)4-1-5-13-10/h1,3-5H,2,6-7,12H2. The van der Waals surface area contributed by atoms with E-state index in [9.17, 15) is 0 Å². The van der Waals surface area contributed by atoms with Gasteiger partial charge in [-0.1, -0.05) is 22.0 Å². The molecule has 0 bridgehead atoms. The molecule has 0 aromatic carbocycles. The summed E-state index contributed by atoms with van der Waals surface area (Å²) in [6.45, 7) is 1.84. The highest BCUT2D eigenvalue weighted by atomic mass is 79.9. The van der Waals surface area contributed by atoms with Crippen LogP contribution < -0.4 is 10.6 Å². The van der Waals surface area contributed by atoms with Crippen molar-refractivity contribution in [1.29, 1.82) is 0 Å². The number of hydrogen-bond acceptors (Lipinski definition) is 3. The number of nitrogen functional groups attached to an aromatic ring is 1. The van der Waals surface area contributed by atoms with Gasteiger partial charge in [0.05, 0.1) is 12.2 Å². The Labute approximate surface area is 91.7 Å². The van der Waals surface area contributed by atoms with Crippen LogP contribution in [0.1, 0.15) is 6.42 Å². The van der Waals surface area contributed by atoms with E-state index in [1.807, 2.05) is 12.1 Å². The minimum absolute atomic E-state index is 0.745. The van der Waals surface area contributed by atoms with Crippen LogP contribution in [0.5, 0.6) is 0 Å². The fraction of sp³-hybridized carbons (Fsp3) is 0.300. The highest BCUT2D eigenvalue weighted by Crippen LogP contribution is 2.24. The van der Waals surface area contributed by atoms with Crippen molar-refractivity contribution in [3.63, 3.8) is 0 Å². The molecule has 0 amide bonds. The lowest BCUT2D eigenvalue weighted by Gasteiger charge is -2.27. The van der Waals surface area contributed by atoms with Crippen LogP contribution in [-0.4, -0.2) is 18.1 Å². The van der Waals surface area contributed by atoms with Crippen molar-refractivity contribution >= 4 is 27.4 Å². The second kappa shape index (κ2) is 4.00. The van der Waals surface area contributed by atoms with Crippen LogP contribution in [0.2, 0.25) is 0 Å². The monoisotopic (exact) mass is 253 g/mol. The van der Waals surface area contributed by atoms with Crippen LogP contribution in [0.4, 0.5) is 11.5 Å². The number of nitrogens with zero attached hydrogens (tertiary/aromatic N) is 2. The first-order chi connectivity index (χ1) is 6.77. The minimum atomic E-state index is 0.745.